The highest BCUT2D eigenvalue weighted by molar-refractivity contribution is 7.14. The molecule has 0 spiro atoms. The Bertz CT molecular complexity index is 854. The van der Waals surface area contributed by atoms with E-state index in [-0.39, 0.29) is 17.9 Å². The van der Waals surface area contributed by atoms with E-state index < -0.39 is 5.60 Å². The van der Waals surface area contributed by atoms with Gasteiger partial charge < -0.3 is 15.0 Å². The molecule has 150 valence electrons. The molecule has 1 aliphatic heterocycles. The first-order valence-corrected chi connectivity index (χ1v) is 10.5. The Labute approximate surface area is 173 Å². The smallest absolute Gasteiger partial charge is 0.410 e. The molecule has 1 N–H and O–H groups in total. The van der Waals surface area contributed by atoms with Gasteiger partial charge >= 0.3 is 6.09 Å². The van der Waals surface area contributed by atoms with Crippen LogP contribution in [0.5, 0.6) is 0 Å². The van der Waals surface area contributed by atoms with Gasteiger partial charge in [-0.25, -0.2) is 9.78 Å². The van der Waals surface area contributed by atoms with Crippen molar-refractivity contribution in [3.8, 4) is 11.3 Å². The lowest BCUT2D eigenvalue weighted by molar-refractivity contribution is -0.121. The van der Waals surface area contributed by atoms with Crippen LogP contribution in [0.1, 0.15) is 33.6 Å². The highest BCUT2D eigenvalue weighted by Crippen LogP contribution is 2.31. The van der Waals surface area contributed by atoms with Gasteiger partial charge in [-0.1, -0.05) is 29.8 Å². The van der Waals surface area contributed by atoms with Crippen LogP contribution >= 0.6 is 22.9 Å². The standard InChI is InChI=1S/C20H24ClN3O3S/c1-20(2,3)27-19(26)24-10-8-13(9-11-24)17(25)23-18-22-16(12-28-18)14-6-4-5-7-15(14)21/h4-7,12-13H,8-11H2,1-3H3,(H,22,23,25). The molecule has 0 aliphatic carbocycles. The molecule has 1 saturated heterocycles. The SMILES string of the molecule is CC(C)(C)OC(=O)N1CCC(C(=O)Nc2nc(-c3ccccc3Cl)cs2)CC1. The third-order valence-electron chi connectivity index (χ3n) is 4.40. The van der Waals surface area contributed by atoms with Crippen molar-refractivity contribution in [1.29, 1.82) is 0 Å². The number of carbonyl (C=O) groups is 2. The summed E-state index contributed by atoms with van der Waals surface area (Å²) in [6.45, 7) is 6.55. The average Bonchev–Trinajstić information content (AvgIpc) is 3.09. The molecule has 28 heavy (non-hydrogen) atoms. The van der Waals surface area contributed by atoms with Crippen LogP contribution in [0.4, 0.5) is 9.93 Å². The number of anilines is 1. The van der Waals surface area contributed by atoms with Crippen LogP contribution in [0.3, 0.4) is 0 Å². The van der Waals surface area contributed by atoms with E-state index in [1.807, 2.05) is 50.4 Å². The van der Waals surface area contributed by atoms with Crippen molar-refractivity contribution < 1.29 is 14.3 Å². The molecule has 1 aromatic carbocycles. The lowest BCUT2D eigenvalue weighted by Gasteiger charge is -2.32. The number of rotatable bonds is 3. The van der Waals surface area contributed by atoms with Crippen molar-refractivity contribution in [2.75, 3.05) is 18.4 Å². The molecule has 0 radical (unpaired) electrons. The molecule has 0 saturated carbocycles. The van der Waals surface area contributed by atoms with Gasteiger partial charge in [-0.2, -0.15) is 0 Å². The molecule has 8 heteroatoms. The van der Waals surface area contributed by atoms with E-state index in [1.54, 1.807) is 4.90 Å². The van der Waals surface area contributed by atoms with Crippen molar-refractivity contribution in [3.63, 3.8) is 0 Å². The van der Waals surface area contributed by atoms with Crippen LogP contribution in [-0.4, -0.2) is 40.6 Å². The topological polar surface area (TPSA) is 71.5 Å². The van der Waals surface area contributed by atoms with Crippen molar-refractivity contribution in [1.82, 2.24) is 9.88 Å². The number of halogens is 1. The predicted molar refractivity (Wildman–Crippen MR) is 112 cm³/mol. The number of hydrogen-bond donors (Lipinski definition) is 1. The Hall–Kier alpha value is -2.12. The average molecular weight is 422 g/mol. The molecule has 0 atom stereocenters. The Kier molecular flexibility index (Phi) is 6.25. The summed E-state index contributed by atoms with van der Waals surface area (Å²) in [4.78, 5) is 30.8. The monoisotopic (exact) mass is 421 g/mol. The van der Waals surface area contributed by atoms with E-state index in [0.717, 1.165) is 11.3 Å². The van der Waals surface area contributed by atoms with E-state index in [4.69, 9.17) is 16.3 Å². The third kappa shape index (κ3) is 5.23. The van der Waals surface area contributed by atoms with Crippen LogP contribution in [0, 0.1) is 5.92 Å². The molecule has 2 aromatic rings. The number of hydrogen-bond acceptors (Lipinski definition) is 5. The number of benzene rings is 1. The van der Waals surface area contributed by atoms with E-state index >= 15 is 0 Å². The molecule has 2 heterocycles. The minimum atomic E-state index is -0.518. The van der Waals surface area contributed by atoms with Gasteiger partial charge in [0.1, 0.15) is 5.60 Å². The Morgan fingerprint density at radius 1 is 1.25 bits per heavy atom. The Morgan fingerprint density at radius 3 is 2.57 bits per heavy atom. The molecule has 1 aliphatic rings. The van der Waals surface area contributed by atoms with Crippen LogP contribution in [0.15, 0.2) is 29.6 Å². The summed E-state index contributed by atoms with van der Waals surface area (Å²) in [6, 6.07) is 7.48. The maximum Gasteiger partial charge on any atom is 0.410 e. The minimum absolute atomic E-state index is 0.0658. The summed E-state index contributed by atoms with van der Waals surface area (Å²) in [5, 5.41) is 5.95. The number of likely N-dealkylation sites (tertiary alicyclic amines) is 1. The van der Waals surface area contributed by atoms with Gasteiger partial charge in [0.15, 0.2) is 5.13 Å². The van der Waals surface area contributed by atoms with Gasteiger partial charge in [0.2, 0.25) is 5.91 Å². The number of nitrogens with zero attached hydrogens (tertiary/aromatic N) is 2. The van der Waals surface area contributed by atoms with Gasteiger partial charge in [-0.3, -0.25) is 4.79 Å². The fourth-order valence-electron chi connectivity index (χ4n) is 2.98. The van der Waals surface area contributed by atoms with Gasteiger partial charge in [0.25, 0.3) is 0 Å². The molecular weight excluding hydrogens is 398 g/mol. The van der Waals surface area contributed by atoms with Crippen LogP contribution in [-0.2, 0) is 9.53 Å². The molecule has 0 bridgehead atoms. The van der Waals surface area contributed by atoms with Crippen LogP contribution in [0.25, 0.3) is 11.3 Å². The van der Waals surface area contributed by atoms with Crippen molar-refractivity contribution in [3.05, 3.63) is 34.7 Å². The lowest BCUT2D eigenvalue weighted by atomic mass is 9.96. The lowest BCUT2D eigenvalue weighted by Crippen LogP contribution is -2.43. The molecule has 0 unspecified atom stereocenters. The summed E-state index contributed by atoms with van der Waals surface area (Å²) in [6.07, 6.45) is 0.887. The Balaban J connectivity index is 1.54. The number of nitrogens with one attached hydrogen (secondary N) is 1. The molecule has 6 nitrogen and oxygen atoms in total. The first kappa shape index (κ1) is 20.6. The third-order valence-corrected chi connectivity index (χ3v) is 5.49. The molecule has 1 fully saturated rings. The number of aromatic nitrogens is 1. The summed E-state index contributed by atoms with van der Waals surface area (Å²) in [5.74, 6) is -0.213. The second-order valence-electron chi connectivity index (χ2n) is 7.75. The second kappa shape index (κ2) is 8.49. The van der Waals surface area contributed by atoms with E-state index in [1.165, 1.54) is 11.3 Å². The van der Waals surface area contributed by atoms with Gasteiger partial charge in [0, 0.05) is 35.0 Å². The highest BCUT2D eigenvalue weighted by atomic mass is 35.5. The summed E-state index contributed by atoms with van der Waals surface area (Å²) in [7, 11) is 0. The van der Waals surface area contributed by atoms with Gasteiger partial charge in [-0.15, -0.1) is 11.3 Å². The maximum atomic E-state index is 12.6. The second-order valence-corrected chi connectivity index (χ2v) is 9.01. The number of amides is 2. The summed E-state index contributed by atoms with van der Waals surface area (Å²) >= 11 is 7.58. The van der Waals surface area contributed by atoms with Crippen molar-refractivity contribution in [2.24, 2.45) is 5.92 Å². The van der Waals surface area contributed by atoms with Crippen LogP contribution < -0.4 is 5.32 Å². The Morgan fingerprint density at radius 2 is 1.93 bits per heavy atom. The normalized spacial score (nSPS) is 15.4. The molecule has 3 rings (SSSR count). The summed E-state index contributed by atoms with van der Waals surface area (Å²) < 4.78 is 5.39. The molecular formula is C20H24ClN3O3S. The summed E-state index contributed by atoms with van der Waals surface area (Å²) in [5.41, 5.74) is 1.06. The minimum Gasteiger partial charge on any atom is -0.444 e. The first-order valence-electron chi connectivity index (χ1n) is 9.22. The number of piperidine rings is 1. The fourth-order valence-corrected chi connectivity index (χ4v) is 3.93. The van der Waals surface area contributed by atoms with Crippen LogP contribution in [0.2, 0.25) is 5.02 Å². The fraction of sp³-hybridized carbons (Fsp3) is 0.450. The predicted octanol–water partition coefficient (Wildman–Crippen LogP) is 5.05. The quantitative estimate of drug-likeness (QED) is 0.752. The highest BCUT2D eigenvalue weighted by Gasteiger charge is 2.30. The van der Waals surface area contributed by atoms with Gasteiger partial charge in [-0.05, 0) is 39.7 Å². The zero-order valence-corrected chi connectivity index (χ0v) is 17.8. The number of ether oxygens (including phenoxy) is 1. The maximum absolute atomic E-state index is 12.6. The first-order chi connectivity index (χ1) is 13.2. The number of thiazole rings is 1. The zero-order chi connectivity index (χ0) is 20.3. The molecule has 1 aromatic heterocycles. The van der Waals surface area contributed by atoms with Gasteiger partial charge in [0.05, 0.1) is 5.69 Å². The van der Waals surface area contributed by atoms with E-state index in [9.17, 15) is 9.59 Å². The number of carbonyl (C=O) groups excluding carboxylic acids is 2. The largest absolute Gasteiger partial charge is 0.444 e. The molecule has 2 amide bonds. The van der Waals surface area contributed by atoms with E-state index in [2.05, 4.69) is 10.3 Å². The van der Waals surface area contributed by atoms with Crippen molar-refractivity contribution in [2.45, 2.75) is 39.2 Å². The zero-order valence-electron chi connectivity index (χ0n) is 16.2. The van der Waals surface area contributed by atoms with E-state index in [0.29, 0.717) is 36.1 Å². The van der Waals surface area contributed by atoms with Crippen molar-refractivity contribution >= 4 is 40.1 Å².